The van der Waals surface area contributed by atoms with Gasteiger partial charge in [-0.1, -0.05) is 29.8 Å². The number of rotatable bonds is 4. The van der Waals surface area contributed by atoms with Crippen molar-refractivity contribution < 1.29 is 13.9 Å². The average Bonchev–Trinajstić information content (AvgIpc) is 2.86. The first-order chi connectivity index (χ1) is 16.6. The number of hydrogen-bond acceptors (Lipinski definition) is 3. The summed E-state index contributed by atoms with van der Waals surface area (Å²) < 4.78 is 18.8. The second kappa shape index (κ2) is 9.53. The van der Waals surface area contributed by atoms with E-state index in [1.165, 1.54) is 12.1 Å². The molecule has 34 heavy (non-hydrogen) atoms. The SMILES string of the molecule is O=C(Nc1ccc(Oc2ccc(F)cc2)cc1)N1CCc2ncccc2C1c1ccc(Cl)cc1. The Morgan fingerprint density at radius 2 is 1.65 bits per heavy atom. The van der Waals surface area contributed by atoms with Crippen molar-refractivity contribution in [3.8, 4) is 11.5 Å². The molecule has 0 radical (unpaired) electrons. The van der Waals surface area contributed by atoms with Crippen LogP contribution in [-0.2, 0) is 6.42 Å². The van der Waals surface area contributed by atoms with Crippen molar-refractivity contribution in [3.63, 3.8) is 0 Å². The van der Waals surface area contributed by atoms with Gasteiger partial charge in [0.15, 0.2) is 0 Å². The number of benzene rings is 3. The van der Waals surface area contributed by atoms with Crippen LogP contribution < -0.4 is 10.1 Å². The van der Waals surface area contributed by atoms with Gasteiger partial charge >= 0.3 is 6.03 Å². The quantitative estimate of drug-likeness (QED) is 0.353. The number of carbonyl (C=O) groups is 1. The Bertz CT molecular complexity index is 1300. The van der Waals surface area contributed by atoms with E-state index in [4.69, 9.17) is 16.3 Å². The zero-order chi connectivity index (χ0) is 23.5. The molecule has 1 unspecified atom stereocenters. The minimum atomic E-state index is -0.321. The molecule has 0 spiro atoms. The van der Waals surface area contributed by atoms with Gasteiger partial charge in [-0.3, -0.25) is 4.98 Å². The number of halogens is 2. The van der Waals surface area contributed by atoms with Gasteiger partial charge in [0, 0.05) is 41.1 Å². The monoisotopic (exact) mass is 473 g/mol. The molecule has 0 fully saturated rings. The lowest BCUT2D eigenvalue weighted by Gasteiger charge is -2.37. The highest BCUT2D eigenvalue weighted by Crippen LogP contribution is 2.35. The Kier molecular flexibility index (Phi) is 6.14. The van der Waals surface area contributed by atoms with E-state index in [0.717, 1.165) is 16.8 Å². The number of amides is 2. The summed E-state index contributed by atoms with van der Waals surface area (Å²) in [4.78, 5) is 19.7. The van der Waals surface area contributed by atoms with Crippen molar-refractivity contribution >= 4 is 23.3 Å². The van der Waals surface area contributed by atoms with Crippen LogP contribution in [0, 0.1) is 5.82 Å². The maximum absolute atomic E-state index is 13.3. The molecule has 1 atom stereocenters. The molecule has 4 aromatic rings. The molecule has 1 aromatic heterocycles. The first-order valence-corrected chi connectivity index (χ1v) is 11.2. The third kappa shape index (κ3) is 4.72. The van der Waals surface area contributed by atoms with Gasteiger partial charge in [0.25, 0.3) is 0 Å². The molecule has 0 aliphatic carbocycles. The molecule has 1 aliphatic rings. The molecule has 0 saturated carbocycles. The summed E-state index contributed by atoms with van der Waals surface area (Å²) in [5.74, 6) is 0.796. The normalized spacial score (nSPS) is 14.9. The Labute approximate surface area is 201 Å². The molecule has 5 nitrogen and oxygen atoms in total. The molecule has 7 heteroatoms. The fourth-order valence-electron chi connectivity index (χ4n) is 4.10. The third-order valence-corrected chi connectivity index (χ3v) is 5.97. The van der Waals surface area contributed by atoms with Gasteiger partial charge in [-0.05, 0) is 72.3 Å². The number of fused-ring (bicyclic) bond motifs is 1. The number of carbonyl (C=O) groups excluding carboxylic acids is 1. The molecule has 2 heterocycles. The molecular weight excluding hydrogens is 453 g/mol. The lowest BCUT2D eigenvalue weighted by Crippen LogP contribution is -2.43. The van der Waals surface area contributed by atoms with Gasteiger partial charge in [0.2, 0.25) is 0 Å². The lowest BCUT2D eigenvalue weighted by molar-refractivity contribution is 0.193. The number of hydrogen-bond donors (Lipinski definition) is 1. The predicted molar refractivity (Wildman–Crippen MR) is 130 cm³/mol. The van der Waals surface area contributed by atoms with E-state index < -0.39 is 0 Å². The number of anilines is 1. The molecule has 1 aliphatic heterocycles. The molecule has 0 bridgehead atoms. The highest BCUT2D eigenvalue weighted by atomic mass is 35.5. The van der Waals surface area contributed by atoms with Crippen LogP contribution in [0.2, 0.25) is 5.02 Å². The molecule has 3 aromatic carbocycles. The minimum Gasteiger partial charge on any atom is -0.457 e. The van der Waals surface area contributed by atoms with Crippen molar-refractivity contribution in [2.24, 2.45) is 0 Å². The van der Waals surface area contributed by atoms with E-state index >= 15 is 0 Å². The van der Waals surface area contributed by atoms with Crippen molar-refractivity contribution in [1.82, 2.24) is 9.88 Å². The largest absolute Gasteiger partial charge is 0.457 e. The number of pyridine rings is 1. The van der Waals surface area contributed by atoms with E-state index in [1.54, 1.807) is 42.6 Å². The standard InChI is InChI=1S/C27H21ClFN3O2/c28-19-5-3-18(4-6-19)26-24-2-1-16-30-25(24)15-17-32(26)27(33)31-21-9-13-23(14-10-21)34-22-11-7-20(29)8-12-22/h1-14,16,26H,15,17H2,(H,31,33). The molecule has 0 saturated heterocycles. The summed E-state index contributed by atoms with van der Waals surface area (Å²) in [7, 11) is 0. The van der Waals surface area contributed by atoms with E-state index in [0.29, 0.717) is 35.2 Å². The van der Waals surface area contributed by atoms with Gasteiger partial charge in [0.1, 0.15) is 17.3 Å². The third-order valence-electron chi connectivity index (χ3n) is 5.72. The first-order valence-electron chi connectivity index (χ1n) is 10.9. The molecule has 1 N–H and O–H groups in total. The highest BCUT2D eigenvalue weighted by Gasteiger charge is 2.32. The van der Waals surface area contributed by atoms with Crippen molar-refractivity contribution in [1.29, 1.82) is 0 Å². The summed E-state index contributed by atoms with van der Waals surface area (Å²) >= 11 is 6.10. The van der Waals surface area contributed by atoms with Gasteiger partial charge in [-0.2, -0.15) is 0 Å². The number of ether oxygens (including phenoxy) is 1. The van der Waals surface area contributed by atoms with Crippen LogP contribution in [0.25, 0.3) is 0 Å². The van der Waals surface area contributed by atoms with Gasteiger partial charge < -0.3 is 15.0 Å². The van der Waals surface area contributed by atoms with E-state index in [1.807, 2.05) is 41.3 Å². The molecule has 170 valence electrons. The van der Waals surface area contributed by atoms with Crippen molar-refractivity contribution in [2.75, 3.05) is 11.9 Å². The van der Waals surface area contributed by atoms with E-state index in [2.05, 4.69) is 10.3 Å². The van der Waals surface area contributed by atoms with Crippen LogP contribution >= 0.6 is 11.6 Å². The van der Waals surface area contributed by atoms with Gasteiger partial charge in [0.05, 0.1) is 6.04 Å². The Balaban J connectivity index is 1.34. The van der Waals surface area contributed by atoms with Gasteiger partial charge in [-0.25, -0.2) is 9.18 Å². The summed E-state index contributed by atoms with van der Waals surface area (Å²) in [6, 6.07) is 23.8. The number of urea groups is 1. The smallest absolute Gasteiger partial charge is 0.322 e. The lowest BCUT2D eigenvalue weighted by atomic mass is 9.91. The maximum Gasteiger partial charge on any atom is 0.322 e. The molecule has 2 amide bonds. The molecular formula is C27H21ClFN3O2. The predicted octanol–water partition coefficient (Wildman–Crippen LogP) is 6.85. The Morgan fingerprint density at radius 3 is 2.35 bits per heavy atom. The number of nitrogens with zero attached hydrogens (tertiary/aromatic N) is 2. The maximum atomic E-state index is 13.3. The Hall–Kier alpha value is -3.90. The summed E-state index contributed by atoms with van der Waals surface area (Å²) in [6.45, 7) is 0.537. The zero-order valence-corrected chi connectivity index (χ0v) is 18.9. The highest BCUT2D eigenvalue weighted by molar-refractivity contribution is 6.30. The molecule has 5 rings (SSSR count). The summed E-state index contributed by atoms with van der Waals surface area (Å²) in [5.41, 5.74) is 3.61. The fourth-order valence-corrected chi connectivity index (χ4v) is 4.22. The average molecular weight is 474 g/mol. The van der Waals surface area contributed by atoms with Crippen LogP contribution in [0.15, 0.2) is 91.1 Å². The number of nitrogens with one attached hydrogen (secondary N) is 1. The fraction of sp³-hybridized carbons (Fsp3) is 0.111. The first kappa shape index (κ1) is 21.9. The summed E-state index contributed by atoms with van der Waals surface area (Å²) in [6.07, 6.45) is 2.46. The second-order valence-corrected chi connectivity index (χ2v) is 8.38. The van der Waals surface area contributed by atoms with Crippen LogP contribution in [0.5, 0.6) is 11.5 Å². The van der Waals surface area contributed by atoms with E-state index in [9.17, 15) is 9.18 Å². The number of aromatic nitrogens is 1. The Morgan fingerprint density at radius 1 is 0.971 bits per heavy atom. The topological polar surface area (TPSA) is 54.5 Å². The van der Waals surface area contributed by atoms with Crippen LogP contribution in [-0.4, -0.2) is 22.5 Å². The minimum absolute atomic E-state index is 0.207. The van der Waals surface area contributed by atoms with Crippen LogP contribution in [0.1, 0.15) is 22.9 Å². The van der Waals surface area contributed by atoms with Crippen molar-refractivity contribution in [2.45, 2.75) is 12.5 Å². The zero-order valence-electron chi connectivity index (χ0n) is 18.1. The van der Waals surface area contributed by atoms with Crippen molar-refractivity contribution in [3.05, 3.63) is 119 Å². The second-order valence-electron chi connectivity index (χ2n) is 7.95. The van der Waals surface area contributed by atoms with Gasteiger partial charge in [-0.15, -0.1) is 0 Å². The van der Waals surface area contributed by atoms with Crippen LogP contribution in [0.4, 0.5) is 14.9 Å². The van der Waals surface area contributed by atoms with E-state index in [-0.39, 0.29) is 17.9 Å². The summed E-state index contributed by atoms with van der Waals surface area (Å²) in [5, 5.41) is 3.63. The van der Waals surface area contributed by atoms with Crippen LogP contribution in [0.3, 0.4) is 0 Å².